The van der Waals surface area contributed by atoms with E-state index < -0.39 is 0 Å². The van der Waals surface area contributed by atoms with Crippen LogP contribution in [0.3, 0.4) is 0 Å². The topological polar surface area (TPSA) is 98.6 Å². The third-order valence-corrected chi connectivity index (χ3v) is 6.90. The van der Waals surface area contributed by atoms with E-state index in [1.165, 1.54) is 5.57 Å². The minimum atomic E-state index is -0.366. The molecule has 7 heteroatoms. The van der Waals surface area contributed by atoms with Gasteiger partial charge < -0.3 is 30.0 Å². The van der Waals surface area contributed by atoms with Crippen LogP contribution in [-0.2, 0) is 18.9 Å². The molecular formula is C23H40N2O5. The minimum absolute atomic E-state index is 0.0494. The quantitative estimate of drug-likeness (QED) is 0.300. The normalized spacial score (nSPS) is 37.0. The third-order valence-electron chi connectivity index (χ3n) is 6.90. The van der Waals surface area contributed by atoms with Crippen LogP contribution in [0.1, 0.15) is 65.7 Å². The van der Waals surface area contributed by atoms with Crippen molar-refractivity contribution in [2.24, 2.45) is 11.7 Å². The Morgan fingerprint density at radius 1 is 1.27 bits per heavy atom. The molecule has 0 aromatic carbocycles. The number of nitrogens with one attached hydrogen (secondary N) is 1. The summed E-state index contributed by atoms with van der Waals surface area (Å²) in [6.07, 6.45) is 8.09. The third kappa shape index (κ3) is 5.36. The highest BCUT2D eigenvalue weighted by Crippen LogP contribution is 2.59. The molecule has 6 atom stereocenters. The van der Waals surface area contributed by atoms with E-state index >= 15 is 0 Å². The number of allylic oxidation sites excluding steroid dienone is 1. The van der Waals surface area contributed by atoms with Crippen molar-refractivity contribution in [3.63, 3.8) is 0 Å². The smallest absolute Gasteiger partial charge is 0.407 e. The van der Waals surface area contributed by atoms with Crippen molar-refractivity contribution in [1.82, 2.24) is 5.32 Å². The van der Waals surface area contributed by atoms with Gasteiger partial charge in [0.25, 0.3) is 0 Å². The van der Waals surface area contributed by atoms with Crippen LogP contribution >= 0.6 is 0 Å². The maximum absolute atomic E-state index is 12.4. The van der Waals surface area contributed by atoms with Gasteiger partial charge in [0.1, 0.15) is 23.4 Å². The second-order valence-electron chi connectivity index (χ2n) is 9.45. The van der Waals surface area contributed by atoms with Crippen molar-refractivity contribution in [2.75, 3.05) is 26.8 Å². The molecule has 30 heavy (non-hydrogen) atoms. The number of hydrogen-bond donors (Lipinski definition) is 2. The predicted molar refractivity (Wildman–Crippen MR) is 115 cm³/mol. The van der Waals surface area contributed by atoms with Gasteiger partial charge in [-0.1, -0.05) is 24.5 Å². The molecule has 2 aliphatic heterocycles. The molecule has 3 aliphatic rings. The summed E-state index contributed by atoms with van der Waals surface area (Å²) in [4.78, 5) is 12.4. The molecular weight excluding hydrogens is 384 g/mol. The Morgan fingerprint density at radius 2 is 2.00 bits per heavy atom. The lowest BCUT2D eigenvalue weighted by Gasteiger charge is -2.42. The van der Waals surface area contributed by atoms with Gasteiger partial charge in [-0.15, -0.1) is 0 Å². The lowest BCUT2D eigenvalue weighted by molar-refractivity contribution is -0.118. The Labute approximate surface area is 181 Å². The molecule has 1 spiro atoms. The van der Waals surface area contributed by atoms with Gasteiger partial charge in [-0.05, 0) is 59.4 Å². The Balaban J connectivity index is 1.56. The standard InChI is InChI=1S/C23H40N2O5/c1-16(2)9-10-18-22(3,30-18)20-19(27-4)17(11-12-23(20)15-28-23)29-21(26)25-14-8-6-5-7-13-24/h9,17-20H,5-8,10-15,24H2,1-4H3,(H,25,26)/t17?,18-,19?,20?,22?,23?/m1/s1. The summed E-state index contributed by atoms with van der Waals surface area (Å²) >= 11 is 0. The number of alkyl carbamates (subject to hydrolysis) is 1. The van der Waals surface area contributed by atoms with E-state index in [-0.39, 0.29) is 41.5 Å². The molecule has 1 amide bonds. The lowest BCUT2D eigenvalue weighted by Crippen LogP contribution is -2.56. The second kappa shape index (κ2) is 9.98. The fraction of sp³-hybridized carbons (Fsp3) is 0.870. The number of ether oxygens (including phenoxy) is 4. The van der Waals surface area contributed by atoms with Crippen LogP contribution in [0.15, 0.2) is 11.6 Å². The van der Waals surface area contributed by atoms with E-state index in [1.54, 1.807) is 7.11 Å². The summed E-state index contributed by atoms with van der Waals surface area (Å²) in [7, 11) is 1.70. The van der Waals surface area contributed by atoms with Gasteiger partial charge in [0.15, 0.2) is 0 Å². The van der Waals surface area contributed by atoms with Crippen LogP contribution < -0.4 is 11.1 Å². The number of epoxide rings is 2. The maximum atomic E-state index is 12.4. The first-order chi connectivity index (χ1) is 14.4. The van der Waals surface area contributed by atoms with Gasteiger partial charge in [0.05, 0.1) is 18.6 Å². The van der Waals surface area contributed by atoms with E-state index in [0.717, 1.165) is 58.1 Å². The summed E-state index contributed by atoms with van der Waals surface area (Å²) in [5.74, 6) is 0.0494. The Bertz CT molecular complexity index is 617. The highest BCUT2D eigenvalue weighted by atomic mass is 16.6. The van der Waals surface area contributed by atoms with E-state index in [2.05, 4.69) is 32.2 Å². The number of unbranched alkanes of at least 4 members (excludes halogenated alkanes) is 3. The number of carbonyl (C=O) groups is 1. The van der Waals surface area contributed by atoms with Gasteiger partial charge in [0, 0.05) is 13.7 Å². The van der Waals surface area contributed by atoms with Crippen molar-refractivity contribution in [2.45, 2.75) is 95.2 Å². The number of methoxy groups -OCH3 is 1. The van der Waals surface area contributed by atoms with E-state index in [0.29, 0.717) is 6.54 Å². The van der Waals surface area contributed by atoms with Crippen LogP contribution in [-0.4, -0.2) is 62.4 Å². The molecule has 0 bridgehead atoms. The lowest BCUT2D eigenvalue weighted by atomic mass is 9.68. The zero-order valence-corrected chi connectivity index (χ0v) is 19.1. The number of nitrogens with two attached hydrogens (primary N) is 1. The van der Waals surface area contributed by atoms with Crippen LogP contribution in [0.5, 0.6) is 0 Å². The van der Waals surface area contributed by atoms with Crippen LogP contribution in [0, 0.1) is 5.92 Å². The van der Waals surface area contributed by atoms with E-state index in [9.17, 15) is 4.79 Å². The highest BCUT2D eigenvalue weighted by molar-refractivity contribution is 5.67. The number of rotatable bonds is 11. The molecule has 3 rings (SSSR count). The highest BCUT2D eigenvalue weighted by Gasteiger charge is 2.72. The first-order valence-electron chi connectivity index (χ1n) is 11.5. The average molecular weight is 425 g/mol. The van der Waals surface area contributed by atoms with Gasteiger partial charge >= 0.3 is 6.09 Å². The van der Waals surface area contributed by atoms with Crippen molar-refractivity contribution in [1.29, 1.82) is 0 Å². The van der Waals surface area contributed by atoms with Crippen LogP contribution in [0.4, 0.5) is 4.79 Å². The number of amides is 1. The largest absolute Gasteiger partial charge is 0.443 e. The Morgan fingerprint density at radius 3 is 2.63 bits per heavy atom. The van der Waals surface area contributed by atoms with E-state index in [4.69, 9.17) is 24.7 Å². The van der Waals surface area contributed by atoms with Gasteiger partial charge in [-0.2, -0.15) is 0 Å². The van der Waals surface area contributed by atoms with Gasteiger partial charge in [-0.25, -0.2) is 4.79 Å². The molecule has 0 aromatic heterocycles. The molecule has 5 unspecified atom stereocenters. The minimum Gasteiger partial charge on any atom is -0.443 e. The Kier molecular flexibility index (Phi) is 7.82. The maximum Gasteiger partial charge on any atom is 0.407 e. The Hall–Kier alpha value is -1.15. The van der Waals surface area contributed by atoms with E-state index in [1.807, 2.05) is 0 Å². The molecule has 172 valence electrons. The van der Waals surface area contributed by atoms with Crippen molar-refractivity contribution >= 4 is 6.09 Å². The monoisotopic (exact) mass is 424 g/mol. The SMILES string of the molecule is COC1C(OC(=O)NCCCCCCN)CCC2(CO2)C1C1(C)O[C@@H]1CC=C(C)C. The first-order valence-corrected chi connectivity index (χ1v) is 11.5. The zero-order valence-electron chi connectivity index (χ0n) is 19.1. The zero-order chi connectivity index (χ0) is 21.8. The van der Waals surface area contributed by atoms with Crippen LogP contribution in [0.2, 0.25) is 0 Å². The molecule has 1 aliphatic carbocycles. The predicted octanol–water partition coefficient (Wildman–Crippen LogP) is 3.31. The van der Waals surface area contributed by atoms with Crippen molar-refractivity contribution in [3.05, 3.63) is 11.6 Å². The molecule has 0 radical (unpaired) electrons. The molecule has 7 nitrogen and oxygen atoms in total. The summed E-state index contributed by atoms with van der Waals surface area (Å²) in [5, 5.41) is 2.88. The molecule has 2 heterocycles. The number of carbonyl (C=O) groups excluding carboxylic acids is 1. The molecule has 1 saturated carbocycles. The summed E-state index contributed by atoms with van der Waals surface area (Å²) in [5.41, 5.74) is 6.28. The first kappa shape index (κ1) is 23.5. The van der Waals surface area contributed by atoms with Gasteiger partial charge in [-0.3, -0.25) is 0 Å². The summed E-state index contributed by atoms with van der Waals surface area (Å²) in [6, 6.07) is 0. The fourth-order valence-electron chi connectivity index (χ4n) is 5.06. The second-order valence-corrected chi connectivity index (χ2v) is 9.45. The summed E-state index contributed by atoms with van der Waals surface area (Å²) < 4.78 is 23.9. The molecule has 3 fully saturated rings. The average Bonchev–Trinajstić information content (AvgIpc) is 3.62. The molecule has 2 saturated heterocycles. The van der Waals surface area contributed by atoms with Gasteiger partial charge in [0.2, 0.25) is 0 Å². The number of hydrogen-bond acceptors (Lipinski definition) is 6. The molecule has 0 aromatic rings. The molecule has 3 N–H and O–H groups in total. The van der Waals surface area contributed by atoms with Crippen molar-refractivity contribution in [3.8, 4) is 0 Å². The fourth-order valence-corrected chi connectivity index (χ4v) is 5.06. The van der Waals surface area contributed by atoms with Crippen LogP contribution in [0.25, 0.3) is 0 Å². The van der Waals surface area contributed by atoms with Crippen molar-refractivity contribution < 1.29 is 23.7 Å². The summed E-state index contributed by atoms with van der Waals surface area (Å²) in [6.45, 7) is 8.43.